The van der Waals surface area contributed by atoms with Crippen molar-refractivity contribution in [2.24, 2.45) is 5.73 Å². The van der Waals surface area contributed by atoms with Crippen molar-refractivity contribution < 1.29 is 22.7 Å². The fourth-order valence-electron chi connectivity index (χ4n) is 2.34. The van der Waals surface area contributed by atoms with E-state index in [9.17, 15) is 18.0 Å². The third kappa shape index (κ3) is 4.26. The van der Waals surface area contributed by atoms with Gasteiger partial charge in [0.2, 0.25) is 5.91 Å². The summed E-state index contributed by atoms with van der Waals surface area (Å²) in [5.41, 5.74) is 5.14. The first-order chi connectivity index (χ1) is 11.3. The molecule has 0 radical (unpaired) electrons. The number of hydrogen-bond acceptors (Lipinski definition) is 3. The van der Waals surface area contributed by atoms with Crippen LogP contribution in [0.25, 0.3) is 0 Å². The van der Waals surface area contributed by atoms with Crippen LogP contribution in [0.3, 0.4) is 0 Å². The van der Waals surface area contributed by atoms with Crippen LogP contribution in [0.5, 0.6) is 5.75 Å². The zero-order valence-electron chi connectivity index (χ0n) is 12.9. The highest BCUT2D eigenvalue weighted by atomic mass is 19.4. The molecule has 128 valence electrons. The van der Waals surface area contributed by atoms with Gasteiger partial charge in [-0.25, -0.2) is 0 Å². The van der Waals surface area contributed by atoms with Crippen molar-refractivity contribution in [1.29, 1.82) is 0 Å². The second-order valence-electron chi connectivity index (χ2n) is 5.15. The van der Waals surface area contributed by atoms with Crippen molar-refractivity contribution in [3.05, 3.63) is 65.2 Å². The standard InChI is InChI=1S/C17H17F3N2O2/c1-24-13-8-7-12(14(9-13)17(18,19)20)10-22-15(16(21)23)11-5-3-2-4-6-11/h2-9,15,22H,10H2,1H3,(H2,21,23). The van der Waals surface area contributed by atoms with Gasteiger partial charge in [-0.15, -0.1) is 0 Å². The van der Waals surface area contributed by atoms with Crippen LogP contribution in [0.15, 0.2) is 48.5 Å². The van der Waals surface area contributed by atoms with E-state index in [0.29, 0.717) is 5.56 Å². The normalized spacial score (nSPS) is 12.7. The maximum absolute atomic E-state index is 13.2. The summed E-state index contributed by atoms with van der Waals surface area (Å²) in [7, 11) is 1.30. The molecule has 0 heterocycles. The van der Waals surface area contributed by atoms with Gasteiger partial charge in [-0.05, 0) is 23.3 Å². The summed E-state index contributed by atoms with van der Waals surface area (Å²) < 4.78 is 44.4. The molecule has 24 heavy (non-hydrogen) atoms. The lowest BCUT2D eigenvalue weighted by atomic mass is 10.0. The lowest BCUT2D eigenvalue weighted by Crippen LogP contribution is -2.33. The van der Waals surface area contributed by atoms with Crippen LogP contribution in [0.2, 0.25) is 0 Å². The fourth-order valence-corrected chi connectivity index (χ4v) is 2.34. The Labute approximate surface area is 137 Å². The quantitative estimate of drug-likeness (QED) is 0.851. The highest BCUT2D eigenvalue weighted by Crippen LogP contribution is 2.34. The molecule has 0 saturated heterocycles. The second-order valence-corrected chi connectivity index (χ2v) is 5.15. The molecule has 0 spiro atoms. The number of methoxy groups -OCH3 is 1. The van der Waals surface area contributed by atoms with E-state index in [0.717, 1.165) is 6.07 Å². The van der Waals surface area contributed by atoms with Gasteiger partial charge in [0.25, 0.3) is 0 Å². The van der Waals surface area contributed by atoms with Gasteiger partial charge in [0.1, 0.15) is 11.8 Å². The van der Waals surface area contributed by atoms with E-state index >= 15 is 0 Å². The molecule has 0 saturated carbocycles. The van der Waals surface area contributed by atoms with Gasteiger partial charge in [-0.2, -0.15) is 13.2 Å². The monoisotopic (exact) mass is 338 g/mol. The molecule has 1 atom stereocenters. The summed E-state index contributed by atoms with van der Waals surface area (Å²) in [6.07, 6.45) is -4.53. The van der Waals surface area contributed by atoms with E-state index in [1.807, 2.05) is 0 Å². The lowest BCUT2D eigenvalue weighted by molar-refractivity contribution is -0.138. The summed E-state index contributed by atoms with van der Waals surface area (Å²) in [5.74, 6) is -0.552. The Bertz CT molecular complexity index is 703. The summed E-state index contributed by atoms with van der Waals surface area (Å²) in [6.45, 7) is -0.165. The zero-order chi connectivity index (χ0) is 17.7. The van der Waals surface area contributed by atoms with E-state index < -0.39 is 23.7 Å². The van der Waals surface area contributed by atoms with Gasteiger partial charge >= 0.3 is 6.18 Å². The maximum Gasteiger partial charge on any atom is 0.416 e. The largest absolute Gasteiger partial charge is 0.497 e. The van der Waals surface area contributed by atoms with Gasteiger partial charge in [-0.3, -0.25) is 10.1 Å². The van der Waals surface area contributed by atoms with E-state index in [1.54, 1.807) is 30.3 Å². The van der Waals surface area contributed by atoms with Gasteiger partial charge in [-0.1, -0.05) is 36.4 Å². The molecule has 3 N–H and O–H groups in total. The molecule has 7 heteroatoms. The number of rotatable bonds is 6. The molecule has 0 aliphatic heterocycles. The van der Waals surface area contributed by atoms with Gasteiger partial charge in [0.05, 0.1) is 12.7 Å². The minimum Gasteiger partial charge on any atom is -0.497 e. The Balaban J connectivity index is 2.25. The molecule has 1 unspecified atom stereocenters. The highest BCUT2D eigenvalue weighted by molar-refractivity contribution is 5.81. The molecule has 1 amide bonds. The third-order valence-electron chi connectivity index (χ3n) is 3.54. The topological polar surface area (TPSA) is 64.3 Å². The van der Waals surface area contributed by atoms with Crippen molar-refractivity contribution in [2.45, 2.75) is 18.8 Å². The summed E-state index contributed by atoms with van der Waals surface area (Å²) >= 11 is 0. The van der Waals surface area contributed by atoms with Crippen molar-refractivity contribution in [3.63, 3.8) is 0 Å². The number of nitrogens with one attached hydrogen (secondary N) is 1. The summed E-state index contributed by atoms with van der Waals surface area (Å²) in [4.78, 5) is 11.6. The van der Waals surface area contributed by atoms with Crippen molar-refractivity contribution in [2.75, 3.05) is 7.11 Å². The molecule has 2 rings (SSSR count). The van der Waals surface area contributed by atoms with Gasteiger partial charge in [0, 0.05) is 6.54 Å². The van der Waals surface area contributed by atoms with Crippen LogP contribution in [-0.4, -0.2) is 13.0 Å². The Morgan fingerprint density at radius 3 is 2.42 bits per heavy atom. The molecular formula is C17H17F3N2O2. The van der Waals surface area contributed by atoms with Crippen LogP contribution in [0, 0.1) is 0 Å². The van der Waals surface area contributed by atoms with Crippen molar-refractivity contribution in [3.8, 4) is 5.75 Å². The number of carbonyl (C=O) groups excluding carboxylic acids is 1. The van der Waals surface area contributed by atoms with Crippen LogP contribution in [0.4, 0.5) is 13.2 Å². The smallest absolute Gasteiger partial charge is 0.416 e. The Morgan fingerprint density at radius 1 is 1.21 bits per heavy atom. The van der Waals surface area contributed by atoms with Crippen LogP contribution in [-0.2, 0) is 17.5 Å². The lowest BCUT2D eigenvalue weighted by Gasteiger charge is -2.19. The van der Waals surface area contributed by atoms with Crippen molar-refractivity contribution in [1.82, 2.24) is 5.32 Å². The Kier molecular flexibility index (Phi) is 5.46. The molecule has 0 aliphatic carbocycles. The number of alkyl halides is 3. The van der Waals surface area contributed by atoms with Crippen molar-refractivity contribution >= 4 is 5.91 Å². The molecular weight excluding hydrogens is 321 g/mol. The number of hydrogen-bond donors (Lipinski definition) is 2. The van der Waals surface area contributed by atoms with Gasteiger partial charge < -0.3 is 10.5 Å². The molecule has 4 nitrogen and oxygen atoms in total. The predicted octanol–water partition coefficient (Wildman–Crippen LogP) is 3.03. The molecule has 2 aromatic carbocycles. The van der Waals surface area contributed by atoms with Crippen LogP contribution in [0.1, 0.15) is 22.7 Å². The number of primary amides is 1. The summed E-state index contributed by atoms with van der Waals surface area (Å²) in [5, 5.41) is 2.79. The third-order valence-corrected chi connectivity index (χ3v) is 3.54. The fraction of sp³-hybridized carbons (Fsp3) is 0.235. The van der Waals surface area contributed by atoms with Crippen LogP contribution < -0.4 is 15.8 Å². The number of amides is 1. The number of ether oxygens (including phenoxy) is 1. The molecule has 0 aliphatic rings. The molecule has 0 aromatic heterocycles. The van der Waals surface area contributed by atoms with E-state index in [-0.39, 0.29) is 17.9 Å². The first kappa shape index (κ1) is 17.8. The highest BCUT2D eigenvalue weighted by Gasteiger charge is 2.34. The van der Waals surface area contributed by atoms with E-state index in [2.05, 4.69) is 5.32 Å². The minimum atomic E-state index is -4.53. The number of nitrogens with two attached hydrogens (primary N) is 1. The predicted molar refractivity (Wildman–Crippen MR) is 83.2 cm³/mol. The first-order valence-corrected chi connectivity index (χ1v) is 7.14. The van der Waals surface area contributed by atoms with Gasteiger partial charge in [0.15, 0.2) is 0 Å². The number of benzene rings is 2. The maximum atomic E-state index is 13.2. The summed E-state index contributed by atoms with van der Waals surface area (Å²) in [6, 6.07) is 11.4. The number of carbonyl (C=O) groups is 1. The SMILES string of the molecule is COc1ccc(CNC(C(N)=O)c2ccccc2)c(C(F)(F)F)c1. The number of halogens is 3. The average molecular weight is 338 g/mol. The van der Waals surface area contributed by atoms with E-state index in [1.165, 1.54) is 19.2 Å². The zero-order valence-corrected chi connectivity index (χ0v) is 12.9. The van der Waals surface area contributed by atoms with Crippen LogP contribution >= 0.6 is 0 Å². The van der Waals surface area contributed by atoms with E-state index in [4.69, 9.17) is 10.5 Å². The minimum absolute atomic E-state index is 0.00508. The second kappa shape index (κ2) is 7.35. The Morgan fingerprint density at radius 2 is 1.88 bits per heavy atom. The molecule has 0 bridgehead atoms. The molecule has 2 aromatic rings. The Hall–Kier alpha value is -2.54. The first-order valence-electron chi connectivity index (χ1n) is 7.14. The average Bonchev–Trinajstić information content (AvgIpc) is 2.55. The molecule has 0 fully saturated rings.